The molecule has 64 valence electrons. The van der Waals surface area contributed by atoms with E-state index in [1.807, 2.05) is 18.2 Å². The van der Waals surface area contributed by atoms with E-state index in [1.54, 1.807) is 11.3 Å². The summed E-state index contributed by atoms with van der Waals surface area (Å²) in [6.07, 6.45) is 0. The summed E-state index contributed by atoms with van der Waals surface area (Å²) in [5.41, 5.74) is 0.759. The predicted molar refractivity (Wildman–Crippen MR) is 66.5 cm³/mol. The SMILES string of the molecule is N#Cc1c(I)ccc2sc(S)cc12. The van der Waals surface area contributed by atoms with E-state index in [0.717, 1.165) is 23.4 Å². The summed E-state index contributed by atoms with van der Waals surface area (Å²) in [5.74, 6) is 0. The van der Waals surface area contributed by atoms with Crippen LogP contribution in [0.2, 0.25) is 0 Å². The third kappa shape index (κ3) is 1.56. The Hall–Kier alpha value is -0.250. The maximum Gasteiger partial charge on any atom is 0.101 e. The van der Waals surface area contributed by atoms with E-state index in [9.17, 15) is 0 Å². The van der Waals surface area contributed by atoms with Gasteiger partial charge in [-0.2, -0.15) is 5.26 Å². The third-order valence-electron chi connectivity index (χ3n) is 1.75. The number of thiophene rings is 1. The second-order valence-corrected chi connectivity index (χ2v) is 5.56. The lowest BCUT2D eigenvalue weighted by Crippen LogP contribution is -1.80. The van der Waals surface area contributed by atoms with Gasteiger partial charge in [0.05, 0.1) is 9.77 Å². The molecule has 0 unspecified atom stereocenters. The van der Waals surface area contributed by atoms with Crippen LogP contribution in [0.5, 0.6) is 0 Å². The molecule has 0 saturated heterocycles. The first-order chi connectivity index (χ1) is 6.22. The second kappa shape index (κ2) is 3.48. The van der Waals surface area contributed by atoms with Gasteiger partial charge in [0.2, 0.25) is 0 Å². The molecule has 1 aromatic heterocycles. The zero-order valence-corrected chi connectivity index (χ0v) is 10.3. The van der Waals surface area contributed by atoms with Crippen molar-refractivity contribution in [2.45, 2.75) is 4.21 Å². The minimum absolute atomic E-state index is 0.759. The van der Waals surface area contributed by atoms with Gasteiger partial charge in [-0.15, -0.1) is 24.0 Å². The average Bonchev–Trinajstić information content (AvgIpc) is 2.45. The van der Waals surface area contributed by atoms with Crippen molar-refractivity contribution in [1.29, 1.82) is 5.26 Å². The quantitative estimate of drug-likeness (QED) is 0.582. The maximum absolute atomic E-state index is 8.95. The van der Waals surface area contributed by atoms with Crippen molar-refractivity contribution < 1.29 is 0 Å². The molecule has 2 rings (SSSR count). The van der Waals surface area contributed by atoms with Crippen LogP contribution in [0.1, 0.15) is 5.56 Å². The number of nitriles is 1. The van der Waals surface area contributed by atoms with Crippen LogP contribution < -0.4 is 0 Å². The van der Waals surface area contributed by atoms with Gasteiger partial charge in [-0.25, -0.2) is 0 Å². The van der Waals surface area contributed by atoms with Gasteiger partial charge in [-0.1, -0.05) is 0 Å². The number of hydrogen-bond donors (Lipinski definition) is 1. The number of rotatable bonds is 0. The van der Waals surface area contributed by atoms with Crippen LogP contribution in [0.15, 0.2) is 22.4 Å². The lowest BCUT2D eigenvalue weighted by molar-refractivity contribution is 1.49. The molecule has 2 aromatic rings. The molecule has 1 heterocycles. The molecule has 0 saturated carbocycles. The Morgan fingerprint density at radius 2 is 2.23 bits per heavy atom. The van der Waals surface area contributed by atoms with Crippen LogP contribution in [-0.4, -0.2) is 0 Å². The van der Waals surface area contributed by atoms with Gasteiger partial charge < -0.3 is 0 Å². The fraction of sp³-hybridized carbons (Fsp3) is 0. The van der Waals surface area contributed by atoms with Crippen molar-refractivity contribution in [3.8, 4) is 6.07 Å². The van der Waals surface area contributed by atoms with Gasteiger partial charge >= 0.3 is 0 Å². The van der Waals surface area contributed by atoms with Crippen molar-refractivity contribution >= 4 is 56.6 Å². The molecule has 13 heavy (non-hydrogen) atoms. The van der Waals surface area contributed by atoms with Gasteiger partial charge in [-0.05, 0) is 40.8 Å². The van der Waals surface area contributed by atoms with Crippen molar-refractivity contribution in [2.24, 2.45) is 0 Å². The first-order valence-corrected chi connectivity index (χ1v) is 5.87. The lowest BCUT2D eigenvalue weighted by atomic mass is 10.1. The van der Waals surface area contributed by atoms with Crippen LogP contribution in [0.3, 0.4) is 0 Å². The van der Waals surface area contributed by atoms with Gasteiger partial charge in [0.1, 0.15) is 6.07 Å². The molecular weight excluding hydrogens is 313 g/mol. The highest BCUT2D eigenvalue weighted by atomic mass is 127. The van der Waals surface area contributed by atoms with Gasteiger partial charge in [0, 0.05) is 13.7 Å². The summed E-state index contributed by atoms with van der Waals surface area (Å²) >= 11 is 8.04. The number of benzene rings is 1. The maximum atomic E-state index is 8.95. The smallest absolute Gasteiger partial charge is 0.101 e. The number of hydrogen-bond acceptors (Lipinski definition) is 3. The van der Waals surface area contributed by atoms with Crippen molar-refractivity contribution in [3.05, 3.63) is 27.3 Å². The van der Waals surface area contributed by atoms with E-state index in [4.69, 9.17) is 5.26 Å². The first-order valence-electron chi connectivity index (χ1n) is 3.53. The molecule has 0 amide bonds. The molecule has 1 aromatic carbocycles. The Morgan fingerprint density at radius 1 is 1.46 bits per heavy atom. The first kappa shape index (κ1) is 9.31. The van der Waals surface area contributed by atoms with E-state index in [0.29, 0.717) is 0 Å². The van der Waals surface area contributed by atoms with E-state index in [-0.39, 0.29) is 0 Å². The molecule has 0 aliphatic rings. The Balaban J connectivity index is 2.93. The summed E-state index contributed by atoms with van der Waals surface area (Å²) in [7, 11) is 0. The molecular formula is C9H4INS2. The zero-order valence-electron chi connectivity index (χ0n) is 6.41. The molecule has 0 aliphatic carbocycles. The summed E-state index contributed by atoms with van der Waals surface area (Å²) in [6, 6.07) is 8.16. The number of nitrogens with zero attached hydrogens (tertiary/aromatic N) is 1. The summed E-state index contributed by atoms with van der Waals surface area (Å²) in [5, 5.41) is 9.97. The van der Waals surface area contributed by atoms with Crippen molar-refractivity contribution in [2.75, 3.05) is 0 Å². The Labute approximate surface area is 98.9 Å². The van der Waals surface area contributed by atoms with Gasteiger partial charge in [0.25, 0.3) is 0 Å². The largest absolute Gasteiger partial charge is 0.192 e. The van der Waals surface area contributed by atoms with Crippen LogP contribution in [0.4, 0.5) is 0 Å². The molecule has 0 radical (unpaired) electrons. The highest BCUT2D eigenvalue weighted by molar-refractivity contribution is 14.1. The Morgan fingerprint density at radius 3 is 2.92 bits per heavy atom. The zero-order chi connectivity index (χ0) is 9.42. The molecule has 0 fully saturated rings. The highest BCUT2D eigenvalue weighted by Crippen LogP contribution is 2.32. The minimum atomic E-state index is 0.759. The Bertz CT molecular complexity index is 510. The second-order valence-electron chi connectivity index (χ2n) is 2.53. The third-order valence-corrected chi connectivity index (χ3v) is 3.95. The monoisotopic (exact) mass is 317 g/mol. The molecule has 0 aliphatic heterocycles. The number of fused-ring (bicyclic) bond motifs is 1. The van der Waals surface area contributed by atoms with Crippen LogP contribution in [0.25, 0.3) is 10.1 Å². The average molecular weight is 317 g/mol. The van der Waals surface area contributed by atoms with Crippen molar-refractivity contribution in [3.63, 3.8) is 0 Å². The number of halogens is 1. The van der Waals surface area contributed by atoms with Crippen LogP contribution in [-0.2, 0) is 0 Å². The highest BCUT2D eigenvalue weighted by Gasteiger charge is 2.07. The summed E-state index contributed by atoms with van der Waals surface area (Å²) in [4.78, 5) is 0. The van der Waals surface area contributed by atoms with Crippen LogP contribution in [0, 0.1) is 14.9 Å². The van der Waals surface area contributed by atoms with E-state index in [2.05, 4.69) is 41.3 Å². The van der Waals surface area contributed by atoms with Crippen LogP contribution >= 0.6 is 46.6 Å². The van der Waals surface area contributed by atoms with E-state index in [1.165, 1.54) is 0 Å². The van der Waals surface area contributed by atoms with Gasteiger partial charge in [-0.3, -0.25) is 0 Å². The molecule has 0 atom stereocenters. The molecule has 0 spiro atoms. The van der Waals surface area contributed by atoms with E-state index < -0.39 is 0 Å². The summed E-state index contributed by atoms with van der Waals surface area (Å²) < 4.78 is 3.08. The minimum Gasteiger partial charge on any atom is -0.192 e. The topological polar surface area (TPSA) is 23.8 Å². The van der Waals surface area contributed by atoms with Crippen molar-refractivity contribution in [1.82, 2.24) is 0 Å². The standard InChI is InChI=1S/C9H4INS2/c10-7-1-2-8-5(6(7)4-11)3-9(12)13-8/h1-3,12H. The Kier molecular flexibility index (Phi) is 2.49. The van der Waals surface area contributed by atoms with Gasteiger partial charge in [0.15, 0.2) is 0 Å². The summed E-state index contributed by atoms with van der Waals surface area (Å²) in [6.45, 7) is 0. The molecule has 1 nitrogen and oxygen atoms in total. The number of thiol groups is 1. The predicted octanol–water partition coefficient (Wildman–Crippen LogP) is 3.67. The fourth-order valence-electron chi connectivity index (χ4n) is 1.19. The van der Waals surface area contributed by atoms with E-state index >= 15 is 0 Å². The molecule has 4 heteroatoms. The fourth-order valence-corrected chi connectivity index (χ4v) is 3.01. The normalized spacial score (nSPS) is 10.2. The molecule has 0 N–H and O–H groups in total. The molecule has 0 bridgehead atoms. The lowest BCUT2D eigenvalue weighted by Gasteiger charge is -1.95.